The van der Waals surface area contributed by atoms with Crippen molar-refractivity contribution >= 4 is 27.3 Å². The molecular weight excluding hydrogens is 304 g/mol. The third-order valence-corrected chi connectivity index (χ3v) is 4.78. The SMILES string of the molecule is NS(=O)(=O)c1ccc(CNC(=O)c2ccc(=O)[nH]n2)s1. The molecule has 1 amide bonds. The first-order valence-electron chi connectivity index (χ1n) is 5.32. The van der Waals surface area contributed by atoms with Crippen LogP contribution in [0.1, 0.15) is 15.4 Å². The van der Waals surface area contributed by atoms with Gasteiger partial charge in [0, 0.05) is 10.9 Å². The Bertz CT molecular complexity index is 773. The molecule has 0 aliphatic carbocycles. The molecule has 2 aromatic rings. The predicted molar refractivity (Wildman–Crippen MR) is 71.7 cm³/mol. The first kappa shape index (κ1) is 14.4. The smallest absolute Gasteiger partial charge is 0.272 e. The van der Waals surface area contributed by atoms with Crippen LogP contribution < -0.4 is 16.0 Å². The van der Waals surface area contributed by atoms with Crippen molar-refractivity contribution < 1.29 is 13.2 Å². The minimum absolute atomic E-state index is 0.0314. The Morgan fingerprint density at radius 1 is 1.35 bits per heavy atom. The second kappa shape index (κ2) is 5.53. The van der Waals surface area contributed by atoms with Gasteiger partial charge in [-0.15, -0.1) is 11.3 Å². The highest BCUT2D eigenvalue weighted by Crippen LogP contribution is 2.19. The van der Waals surface area contributed by atoms with E-state index >= 15 is 0 Å². The zero-order valence-electron chi connectivity index (χ0n) is 9.99. The van der Waals surface area contributed by atoms with Crippen LogP contribution >= 0.6 is 11.3 Å². The topological polar surface area (TPSA) is 135 Å². The molecule has 0 fully saturated rings. The number of hydrogen-bond donors (Lipinski definition) is 3. The lowest BCUT2D eigenvalue weighted by Crippen LogP contribution is -2.24. The maximum atomic E-state index is 11.7. The van der Waals surface area contributed by atoms with Gasteiger partial charge in [-0.3, -0.25) is 9.59 Å². The van der Waals surface area contributed by atoms with Crippen molar-refractivity contribution in [2.75, 3.05) is 0 Å². The Labute approximate surface area is 117 Å². The summed E-state index contributed by atoms with van der Waals surface area (Å²) in [6.07, 6.45) is 0. The van der Waals surface area contributed by atoms with E-state index in [0.29, 0.717) is 4.88 Å². The van der Waals surface area contributed by atoms with Crippen LogP contribution in [0.2, 0.25) is 0 Å². The zero-order valence-corrected chi connectivity index (χ0v) is 11.6. The van der Waals surface area contributed by atoms with E-state index in [9.17, 15) is 18.0 Å². The summed E-state index contributed by atoms with van der Waals surface area (Å²) in [6, 6.07) is 5.41. The number of nitrogens with two attached hydrogens (primary N) is 1. The van der Waals surface area contributed by atoms with E-state index in [2.05, 4.69) is 15.5 Å². The van der Waals surface area contributed by atoms with Crippen LogP contribution in [-0.2, 0) is 16.6 Å². The third kappa shape index (κ3) is 3.50. The van der Waals surface area contributed by atoms with E-state index in [0.717, 1.165) is 11.3 Å². The molecule has 0 atom stereocenters. The molecule has 0 spiro atoms. The van der Waals surface area contributed by atoms with Gasteiger partial charge in [-0.25, -0.2) is 18.7 Å². The lowest BCUT2D eigenvalue weighted by Gasteiger charge is -2.01. The summed E-state index contributed by atoms with van der Waals surface area (Å²) >= 11 is 0.974. The lowest BCUT2D eigenvalue weighted by molar-refractivity contribution is 0.0945. The number of aromatic nitrogens is 2. The Morgan fingerprint density at radius 2 is 2.10 bits per heavy atom. The van der Waals surface area contributed by atoms with E-state index < -0.39 is 21.5 Å². The first-order valence-corrected chi connectivity index (χ1v) is 7.68. The molecule has 106 valence electrons. The van der Waals surface area contributed by atoms with Crippen molar-refractivity contribution in [2.45, 2.75) is 10.8 Å². The first-order chi connectivity index (χ1) is 9.36. The number of aromatic amines is 1. The van der Waals surface area contributed by atoms with Crippen molar-refractivity contribution in [1.82, 2.24) is 15.5 Å². The quantitative estimate of drug-likeness (QED) is 0.693. The Morgan fingerprint density at radius 3 is 2.65 bits per heavy atom. The van der Waals surface area contributed by atoms with Crippen molar-refractivity contribution in [3.05, 3.63) is 45.2 Å². The van der Waals surface area contributed by atoms with E-state index in [-0.39, 0.29) is 16.4 Å². The molecule has 2 rings (SSSR count). The number of carbonyl (C=O) groups excluding carboxylic acids is 1. The average molecular weight is 314 g/mol. The van der Waals surface area contributed by atoms with Crippen molar-refractivity contribution in [2.24, 2.45) is 5.14 Å². The van der Waals surface area contributed by atoms with Crippen molar-refractivity contribution in [1.29, 1.82) is 0 Å². The molecule has 0 aromatic carbocycles. The molecular formula is C10H10N4O4S2. The van der Waals surface area contributed by atoms with Crippen LogP contribution in [0.15, 0.2) is 33.3 Å². The fourth-order valence-corrected chi connectivity index (χ4v) is 3.05. The minimum atomic E-state index is -3.72. The Kier molecular flexibility index (Phi) is 3.97. The van der Waals surface area contributed by atoms with Gasteiger partial charge in [0.15, 0.2) is 0 Å². The molecule has 0 bridgehead atoms. The molecule has 2 aromatic heterocycles. The predicted octanol–water partition coefficient (Wildman–Crippen LogP) is -0.591. The maximum Gasteiger partial charge on any atom is 0.272 e. The molecule has 0 saturated heterocycles. The summed E-state index contributed by atoms with van der Waals surface area (Å²) in [5.74, 6) is -0.480. The fraction of sp³-hybridized carbons (Fsp3) is 0.100. The molecule has 0 unspecified atom stereocenters. The normalized spacial score (nSPS) is 11.2. The number of sulfonamides is 1. The van der Waals surface area contributed by atoms with Gasteiger partial charge >= 0.3 is 0 Å². The Hall–Kier alpha value is -2.04. The van der Waals surface area contributed by atoms with Gasteiger partial charge in [0.1, 0.15) is 9.90 Å². The highest BCUT2D eigenvalue weighted by atomic mass is 32.2. The molecule has 0 radical (unpaired) electrons. The summed E-state index contributed by atoms with van der Waals surface area (Å²) in [7, 11) is -3.72. The maximum absolute atomic E-state index is 11.7. The van der Waals surface area contributed by atoms with E-state index in [1.54, 1.807) is 6.07 Å². The second-order valence-corrected chi connectivity index (χ2v) is 6.71. The van der Waals surface area contributed by atoms with Crippen LogP contribution in [0.4, 0.5) is 0 Å². The average Bonchev–Trinajstić information content (AvgIpc) is 2.85. The minimum Gasteiger partial charge on any atom is -0.346 e. The van der Waals surface area contributed by atoms with Gasteiger partial charge in [0.25, 0.3) is 11.5 Å². The van der Waals surface area contributed by atoms with E-state index in [1.807, 2.05) is 0 Å². The third-order valence-electron chi connectivity index (χ3n) is 2.25. The summed E-state index contributed by atoms with van der Waals surface area (Å²) in [4.78, 5) is 23.1. The molecule has 4 N–H and O–H groups in total. The van der Waals surface area contributed by atoms with Crippen LogP contribution in [0, 0.1) is 0 Å². The number of nitrogens with one attached hydrogen (secondary N) is 2. The molecule has 0 saturated carbocycles. The van der Waals surface area contributed by atoms with Gasteiger partial charge in [-0.1, -0.05) is 0 Å². The fourth-order valence-electron chi connectivity index (χ4n) is 1.34. The number of amides is 1. The molecule has 8 nitrogen and oxygen atoms in total. The molecule has 0 aliphatic heterocycles. The lowest BCUT2D eigenvalue weighted by atomic mass is 10.3. The number of rotatable bonds is 4. The van der Waals surface area contributed by atoms with Gasteiger partial charge in [0.05, 0.1) is 6.54 Å². The number of carbonyl (C=O) groups is 1. The number of nitrogens with zero attached hydrogens (tertiary/aromatic N) is 1. The highest BCUT2D eigenvalue weighted by molar-refractivity contribution is 7.91. The standard InChI is InChI=1S/C10H10N4O4S2/c11-20(17,18)9-4-1-6(19-9)5-12-10(16)7-2-3-8(15)14-13-7/h1-4H,5H2,(H,12,16)(H,14,15)(H2,11,17,18). The number of hydrogen-bond acceptors (Lipinski definition) is 6. The second-order valence-electron chi connectivity index (χ2n) is 3.75. The van der Waals surface area contributed by atoms with Crippen LogP contribution in [0.3, 0.4) is 0 Å². The number of thiophene rings is 1. The van der Waals surface area contributed by atoms with Crippen LogP contribution in [0.25, 0.3) is 0 Å². The van der Waals surface area contributed by atoms with Gasteiger partial charge in [0.2, 0.25) is 10.0 Å². The van der Waals surface area contributed by atoms with Crippen molar-refractivity contribution in [3.63, 3.8) is 0 Å². The largest absolute Gasteiger partial charge is 0.346 e. The summed E-state index contributed by atoms with van der Waals surface area (Å²) in [6.45, 7) is 0.139. The van der Waals surface area contributed by atoms with E-state index in [4.69, 9.17) is 5.14 Å². The highest BCUT2D eigenvalue weighted by Gasteiger charge is 2.12. The van der Waals surface area contributed by atoms with Crippen molar-refractivity contribution in [3.8, 4) is 0 Å². The van der Waals surface area contributed by atoms with E-state index in [1.165, 1.54) is 18.2 Å². The monoisotopic (exact) mass is 314 g/mol. The summed E-state index contributed by atoms with van der Waals surface area (Å²) in [5.41, 5.74) is -0.342. The van der Waals surface area contributed by atoms with Gasteiger partial charge in [-0.05, 0) is 18.2 Å². The summed E-state index contributed by atoms with van der Waals surface area (Å²) < 4.78 is 22.2. The summed E-state index contributed by atoms with van der Waals surface area (Å²) in [5, 5.41) is 13.2. The number of primary sulfonamides is 1. The number of H-pyrrole nitrogens is 1. The molecule has 0 aliphatic rings. The van der Waals surface area contributed by atoms with Crippen LogP contribution in [0.5, 0.6) is 0 Å². The molecule has 10 heteroatoms. The zero-order chi connectivity index (χ0) is 14.8. The van der Waals surface area contributed by atoms with Gasteiger partial charge < -0.3 is 5.32 Å². The van der Waals surface area contributed by atoms with Crippen LogP contribution in [-0.4, -0.2) is 24.5 Å². The Balaban J connectivity index is 2.02. The molecule has 20 heavy (non-hydrogen) atoms. The molecule has 2 heterocycles. The van der Waals surface area contributed by atoms with Gasteiger partial charge in [-0.2, -0.15) is 5.10 Å².